The van der Waals surface area contributed by atoms with Crippen molar-refractivity contribution in [2.45, 2.75) is 25.8 Å². The largest absolute Gasteiger partial charge is 0.365 e. The highest BCUT2D eigenvalue weighted by molar-refractivity contribution is 5.76. The Kier molecular flexibility index (Phi) is 3.74. The highest BCUT2D eigenvalue weighted by Crippen LogP contribution is 2.11. The minimum atomic E-state index is 0.124. The average molecular weight is 235 g/mol. The third kappa shape index (κ3) is 3.30. The van der Waals surface area contributed by atoms with Crippen LogP contribution in [-0.4, -0.2) is 35.0 Å². The van der Waals surface area contributed by atoms with Crippen molar-refractivity contribution in [2.75, 3.05) is 23.7 Å². The van der Waals surface area contributed by atoms with Crippen LogP contribution < -0.4 is 16.0 Å². The van der Waals surface area contributed by atoms with E-state index in [-0.39, 0.29) is 11.9 Å². The van der Waals surface area contributed by atoms with Gasteiger partial charge in [-0.2, -0.15) is 4.98 Å². The number of hydrogen-bond acceptors (Lipinski definition) is 5. The third-order valence-corrected chi connectivity index (χ3v) is 2.61. The molecule has 92 valence electrons. The topological polar surface area (TPSA) is 78.9 Å². The summed E-state index contributed by atoms with van der Waals surface area (Å²) in [6.45, 7) is 3.45. The first-order chi connectivity index (χ1) is 8.28. The van der Waals surface area contributed by atoms with Crippen LogP contribution in [0.25, 0.3) is 0 Å². The monoisotopic (exact) mass is 235 g/mol. The fraction of sp³-hybridized carbons (Fsp3) is 0.545. The Morgan fingerprint density at radius 3 is 3.18 bits per heavy atom. The van der Waals surface area contributed by atoms with Crippen molar-refractivity contribution < 1.29 is 4.79 Å². The number of amides is 1. The Bertz CT molecular complexity index is 385. The summed E-state index contributed by atoms with van der Waals surface area (Å²) in [5.41, 5.74) is 0. The van der Waals surface area contributed by atoms with Crippen LogP contribution in [0.15, 0.2) is 12.3 Å². The summed E-state index contributed by atoms with van der Waals surface area (Å²) in [4.78, 5) is 19.5. The molecule has 1 fully saturated rings. The number of rotatable bonds is 4. The second-order valence-electron chi connectivity index (χ2n) is 3.98. The quantitative estimate of drug-likeness (QED) is 0.712. The zero-order valence-electron chi connectivity index (χ0n) is 9.86. The van der Waals surface area contributed by atoms with E-state index in [1.165, 1.54) is 0 Å². The summed E-state index contributed by atoms with van der Waals surface area (Å²) in [7, 11) is 0. The molecule has 1 aliphatic rings. The molecule has 0 radical (unpaired) electrons. The standard InChI is InChI=1S/C11H17N5O/c1-2-12-11-13-6-5-9(16-11)15-8-3-4-10(17)14-7-8/h5-6,8H,2-4,7H2,1H3,(H,14,17)(H2,12,13,15,16). The van der Waals surface area contributed by atoms with E-state index in [9.17, 15) is 4.79 Å². The van der Waals surface area contributed by atoms with Crippen molar-refractivity contribution in [3.63, 3.8) is 0 Å². The molecule has 6 heteroatoms. The van der Waals surface area contributed by atoms with Gasteiger partial charge in [0.25, 0.3) is 0 Å². The van der Waals surface area contributed by atoms with Crippen LogP contribution in [0.5, 0.6) is 0 Å². The van der Waals surface area contributed by atoms with Crippen molar-refractivity contribution in [1.29, 1.82) is 0 Å². The van der Waals surface area contributed by atoms with Crippen LogP contribution in [0.1, 0.15) is 19.8 Å². The number of hydrogen-bond donors (Lipinski definition) is 3. The van der Waals surface area contributed by atoms with Gasteiger partial charge >= 0.3 is 0 Å². The fourth-order valence-electron chi connectivity index (χ4n) is 1.75. The lowest BCUT2D eigenvalue weighted by Gasteiger charge is -2.23. The fourth-order valence-corrected chi connectivity index (χ4v) is 1.75. The Labute approximate surface area is 100 Å². The SMILES string of the molecule is CCNc1nccc(NC2CCC(=O)NC2)n1. The van der Waals surface area contributed by atoms with E-state index in [4.69, 9.17) is 0 Å². The first kappa shape index (κ1) is 11.6. The highest BCUT2D eigenvalue weighted by atomic mass is 16.1. The van der Waals surface area contributed by atoms with Crippen LogP contribution in [0, 0.1) is 0 Å². The van der Waals surface area contributed by atoms with E-state index in [0.717, 1.165) is 18.8 Å². The number of aromatic nitrogens is 2. The number of nitrogens with one attached hydrogen (secondary N) is 3. The zero-order chi connectivity index (χ0) is 12.1. The van der Waals surface area contributed by atoms with Crippen molar-refractivity contribution in [3.8, 4) is 0 Å². The summed E-state index contributed by atoms with van der Waals surface area (Å²) in [6.07, 6.45) is 3.13. The molecule has 1 atom stereocenters. The summed E-state index contributed by atoms with van der Waals surface area (Å²) >= 11 is 0. The van der Waals surface area contributed by atoms with Gasteiger partial charge in [0, 0.05) is 31.7 Å². The lowest BCUT2D eigenvalue weighted by molar-refractivity contribution is -0.122. The van der Waals surface area contributed by atoms with Crippen molar-refractivity contribution >= 4 is 17.7 Å². The molecule has 1 aliphatic heterocycles. The second-order valence-corrected chi connectivity index (χ2v) is 3.98. The smallest absolute Gasteiger partial charge is 0.224 e. The van der Waals surface area contributed by atoms with Gasteiger partial charge in [-0.3, -0.25) is 4.79 Å². The van der Waals surface area contributed by atoms with E-state index in [2.05, 4.69) is 25.9 Å². The Morgan fingerprint density at radius 1 is 1.59 bits per heavy atom. The van der Waals surface area contributed by atoms with Crippen molar-refractivity contribution in [2.24, 2.45) is 0 Å². The van der Waals surface area contributed by atoms with Gasteiger partial charge in [-0.05, 0) is 19.4 Å². The van der Waals surface area contributed by atoms with Gasteiger partial charge in [0.15, 0.2) is 0 Å². The molecule has 0 saturated carbocycles. The Morgan fingerprint density at radius 2 is 2.47 bits per heavy atom. The van der Waals surface area contributed by atoms with E-state index >= 15 is 0 Å². The molecule has 2 heterocycles. The lowest BCUT2D eigenvalue weighted by atomic mass is 10.1. The van der Waals surface area contributed by atoms with Gasteiger partial charge in [-0.15, -0.1) is 0 Å². The molecule has 1 saturated heterocycles. The molecule has 1 aromatic heterocycles. The minimum Gasteiger partial charge on any atom is -0.365 e. The lowest BCUT2D eigenvalue weighted by Crippen LogP contribution is -2.42. The number of anilines is 2. The van der Waals surface area contributed by atoms with E-state index in [1.54, 1.807) is 6.20 Å². The van der Waals surface area contributed by atoms with Gasteiger partial charge in [0.05, 0.1) is 0 Å². The molecule has 1 unspecified atom stereocenters. The first-order valence-corrected chi connectivity index (χ1v) is 5.88. The van der Waals surface area contributed by atoms with Crippen molar-refractivity contribution in [1.82, 2.24) is 15.3 Å². The van der Waals surface area contributed by atoms with Crippen LogP contribution in [-0.2, 0) is 4.79 Å². The second kappa shape index (κ2) is 5.47. The summed E-state index contributed by atoms with van der Waals surface area (Å²) < 4.78 is 0. The maximum Gasteiger partial charge on any atom is 0.224 e. The molecule has 1 amide bonds. The average Bonchev–Trinajstić information content (AvgIpc) is 2.33. The molecular formula is C11H17N5O. The van der Waals surface area contributed by atoms with E-state index in [1.807, 2.05) is 13.0 Å². The third-order valence-electron chi connectivity index (χ3n) is 2.61. The van der Waals surface area contributed by atoms with Crippen molar-refractivity contribution in [3.05, 3.63) is 12.3 Å². The highest BCUT2D eigenvalue weighted by Gasteiger charge is 2.17. The Hall–Kier alpha value is -1.85. The van der Waals surface area contributed by atoms with Crippen LogP contribution in [0.2, 0.25) is 0 Å². The molecule has 0 spiro atoms. The number of piperidine rings is 1. The molecule has 6 nitrogen and oxygen atoms in total. The van der Waals surface area contributed by atoms with Gasteiger partial charge in [0.2, 0.25) is 11.9 Å². The van der Waals surface area contributed by atoms with Crippen LogP contribution in [0.4, 0.5) is 11.8 Å². The molecule has 0 aliphatic carbocycles. The molecule has 3 N–H and O–H groups in total. The molecule has 0 aromatic carbocycles. The van der Waals surface area contributed by atoms with Crippen LogP contribution >= 0.6 is 0 Å². The molecular weight excluding hydrogens is 218 g/mol. The summed E-state index contributed by atoms with van der Waals surface area (Å²) in [5.74, 6) is 1.54. The minimum absolute atomic E-state index is 0.124. The van der Waals surface area contributed by atoms with Gasteiger partial charge < -0.3 is 16.0 Å². The summed E-state index contributed by atoms with van der Waals surface area (Å²) in [5, 5.41) is 9.19. The number of carbonyl (C=O) groups is 1. The number of carbonyl (C=O) groups excluding carboxylic acids is 1. The first-order valence-electron chi connectivity index (χ1n) is 5.88. The maximum absolute atomic E-state index is 11.0. The molecule has 17 heavy (non-hydrogen) atoms. The van der Waals surface area contributed by atoms with Gasteiger partial charge in [-0.25, -0.2) is 4.98 Å². The van der Waals surface area contributed by atoms with Crippen LogP contribution in [0.3, 0.4) is 0 Å². The molecule has 2 rings (SSSR count). The zero-order valence-corrected chi connectivity index (χ0v) is 9.86. The predicted molar refractivity (Wildman–Crippen MR) is 65.9 cm³/mol. The number of nitrogens with zero attached hydrogens (tertiary/aromatic N) is 2. The molecule has 0 bridgehead atoms. The van der Waals surface area contributed by atoms with E-state index in [0.29, 0.717) is 18.9 Å². The van der Waals surface area contributed by atoms with E-state index < -0.39 is 0 Å². The molecule has 1 aromatic rings. The predicted octanol–water partition coefficient (Wildman–Crippen LogP) is 0.599. The van der Waals surface area contributed by atoms with Gasteiger partial charge in [0.1, 0.15) is 5.82 Å². The maximum atomic E-state index is 11.0. The Balaban J connectivity index is 1.93. The van der Waals surface area contributed by atoms with Gasteiger partial charge in [-0.1, -0.05) is 0 Å². The normalized spacial score (nSPS) is 19.6. The summed E-state index contributed by atoms with van der Waals surface area (Å²) in [6, 6.07) is 2.08.